The van der Waals surface area contributed by atoms with Crippen molar-refractivity contribution in [1.82, 2.24) is 9.88 Å². The van der Waals surface area contributed by atoms with Gasteiger partial charge in [-0.2, -0.15) is 0 Å². The van der Waals surface area contributed by atoms with Crippen molar-refractivity contribution >= 4 is 28.4 Å². The van der Waals surface area contributed by atoms with E-state index in [1.54, 1.807) is 0 Å². The number of carbonyl (C=O) groups excluding carboxylic acids is 1. The van der Waals surface area contributed by atoms with Gasteiger partial charge >= 0.3 is 0 Å². The van der Waals surface area contributed by atoms with E-state index in [1.165, 1.54) is 0 Å². The highest BCUT2D eigenvalue weighted by atomic mass is 35.5. The molecule has 0 saturated carbocycles. The Bertz CT molecular complexity index is 570. The van der Waals surface area contributed by atoms with Gasteiger partial charge in [-0.05, 0) is 37.1 Å². The topological polar surface area (TPSA) is 36.1 Å². The maximum Gasteiger partial charge on any atom is 0.270 e. The van der Waals surface area contributed by atoms with Crippen LogP contribution in [0.1, 0.15) is 23.3 Å². The maximum atomic E-state index is 12.2. The van der Waals surface area contributed by atoms with Gasteiger partial charge in [-0.3, -0.25) is 4.79 Å². The van der Waals surface area contributed by atoms with Gasteiger partial charge in [-0.1, -0.05) is 11.6 Å². The van der Waals surface area contributed by atoms with Crippen LogP contribution in [0.2, 0.25) is 5.02 Å². The second-order valence-corrected chi connectivity index (χ2v) is 4.85. The van der Waals surface area contributed by atoms with E-state index in [0.29, 0.717) is 10.7 Å². The van der Waals surface area contributed by atoms with Crippen LogP contribution < -0.4 is 0 Å². The molecule has 1 fully saturated rings. The summed E-state index contributed by atoms with van der Waals surface area (Å²) in [5, 5.41) is 1.68. The number of fused-ring (bicyclic) bond motifs is 1. The molecule has 0 spiro atoms. The maximum absolute atomic E-state index is 12.2. The molecular formula is C13H13ClN2O. The van der Waals surface area contributed by atoms with Gasteiger partial charge in [0.1, 0.15) is 5.69 Å². The highest BCUT2D eigenvalue weighted by Gasteiger charge is 2.20. The zero-order valence-electron chi connectivity index (χ0n) is 9.37. The average Bonchev–Trinajstić information content (AvgIpc) is 2.96. The molecule has 2 heterocycles. The van der Waals surface area contributed by atoms with Gasteiger partial charge in [0.15, 0.2) is 0 Å². The predicted molar refractivity (Wildman–Crippen MR) is 68.4 cm³/mol. The third-order valence-corrected chi connectivity index (χ3v) is 3.44. The number of nitrogens with zero attached hydrogens (tertiary/aromatic N) is 1. The third kappa shape index (κ3) is 1.91. The van der Waals surface area contributed by atoms with Gasteiger partial charge in [0.05, 0.1) is 0 Å². The van der Waals surface area contributed by atoms with Crippen LogP contribution in [0.15, 0.2) is 24.3 Å². The Labute approximate surface area is 104 Å². The number of likely N-dealkylation sites (tertiary alicyclic amines) is 1. The summed E-state index contributed by atoms with van der Waals surface area (Å²) in [6, 6.07) is 7.47. The van der Waals surface area contributed by atoms with Crippen molar-refractivity contribution < 1.29 is 4.79 Å². The van der Waals surface area contributed by atoms with Crippen LogP contribution in [-0.4, -0.2) is 28.9 Å². The molecule has 88 valence electrons. The van der Waals surface area contributed by atoms with Crippen LogP contribution in [0.25, 0.3) is 10.9 Å². The number of hydrogen-bond acceptors (Lipinski definition) is 1. The zero-order chi connectivity index (χ0) is 11.8. The van der Waals surface area contributed by atoms with Crippen LogP contribution in [0.3, 0.4) is 0 Å². The Hall–Kier alpha value is -1.48. The molecule has 1 aliphatic rings. The van der Waals surface area contributed by atoms with Crippen LogP contribution in [-0.2, 0) is 0 Å². The van der Waals surface area contributed by atoms with Crippen LogP contribution in [0, 0.1) is 0 Å². The fraction of sp³-hybridized carbons (Fsp3) is 0.308. The van der Waals surface area contributed by atoms with E-state index in [-0.39, 0.29) is 5.91 Å². The average molecular weight is 249 g/mol. The predicted octanol–water partition coefficient (Wildman–Crippen LogP) is 3.06. The lowest BCUT2D eigenvalue weighted by molar-refractivity contribution is 0.0788. The lowest BCUT2D eigenvalue weighted by Gasteiger charge is -2.13. The number of carbonyl (C=O) groups is 1. The monoisotopic (exact) mass is 248 g/mol. The van der Waals surface area contributed by atoms with Crippen molar-refractivity contribution in [2.45, 2.75) is 12.8 Å². The van der Waals surface area contributed by atoms with E-state index in [9.17, 15) is 4.79 Å². The molecule has 1 aromatic heterocycles. The molecule has 0 atom stereocenters. The Morgan fingerprint density at radius 3 is 2.76 bits per heavy atom. The number of aromatic nitrogens is 1. The molecular weight excluding hydrogens is 236 g/mol. The zero-order valence-corrected chi connectivity index (χ0v) is 10.1. The summed E-state index contributed by atoms with van der Waals surface area (Å²) in [4.78, 5) is 17.2. The fourth-order valence-electron chi connectivity index (χ4n) is 2.31. The van der Waals surface area contributed by atoms with Gasteiger partial charge < -0.3 is 9.88 Å². The van der Waals surface area contributed by atoms with Gasteiger partial charge in [0.2, 0.25) is 0 Å². The van der Waals surface area contributed by atoms with Crippen LogP contribution in [0.4, 0.5) is 0 Å². The molecule has 1 aliphatic heterocycles. The Kier molecular flexibility index (Phi) is 2.56. The minimum absolute atomic E-state index is 0.0924. The standard InChI is InChI=1S/C13H13ClN2O/c14-10-3-4-11-9(7-10)8-12(15-11)13(17)16-5-1-2-6-16/h3-4,7-8,15H,1-2,5-6H2. The molecule has 1 amide bonds. The van der Waals surface area contributed by atoms with Crippen molar-refractivity contribution in [3.8, 4) is 0 Å². The van der Waals surface area contributed by atoms with Crippen LogP contribution >= 0.6 is 11.6 Å². The van der Waals surface area contributed by atoms with Gasteiger partial charge in [-0.25, -0.2) is 0 Å². The number of aromatic amines is 1. The first kappa shape index (κ1) is 10.7. The van der Waals surface area contributed by atoms with Crippen molar-refractivity contribution in [1.29, 1.82) is 0 Å². The summed E-state index contributed by atoms with van der Waals surface area (Å²) < 4.78 is 0. The molecule has 0 aliphatic carbocycles. The quantitative estimate of drug-likeness (QED) is 0.827. The van der Waals surface area contributed by atoms with E-state index >= 15 is 0 Å². The van der Waals surface area contributed by atoms with Crippen molar-refractivity contribution in [2.75, 3.05) is 13.1 Å². The third-order valence-electron chi connectivity index (χ3n) is 3.21. The van der Waals surface area contributed by atoms with Crippen LogP contribution in [0.5, 0.6) is 0 Å². The van der Waals surface area contributed by atoms with Crippen molar-refractivity contribution in [3.63, 3.8) is 0 Å². The lowest BCUT2D eigenvalue weighted by atomic mass is 10.2. The molecule has 2 aromatic rings. The minimum atomic E-state index is 0.0924. The minimum Gasteiger partial charge on any atom is -0.351 e. The van der Waals surface area contributed by atoms with Crippen molar-refractivity contribution in [2.24, 2.45) is 0 Å². The summed E-state index contributed by atoms with van der Waals surface area (Å²) in [6.07, 6.45) is 2.22. The largest absolute Gasteiger partial charge is 0.351 e. The van der Waals surface area contributed by atoms with E-state index in [0.717, 1.165) is 36.8 Å². The first-order chi connectivity index (χ1) is 8.24. The number of nitrogens with one attached hydrogen (secondary N) is 1. The fourth-order valence-corrected chi connectivity index (χ4v) is 2.49. The number of rotatable bonds is 1. The molecule has 1 N–H and O–H groups in total. The number of benzene rings is 1. The highest BCUT2D eigenvalue weighted by molar-refractivity contribution is 6.31. The summed E-state index contributed by atoms with van der Waals surface area (Å²) in [5.41, 5.74) is 1.61. The molecule has 1 aromatic carbocycles. The molecule has 3 nitrogen and oxygen atoms in total. The summed E-state index contributed by atoms with van der Waals surface area (Å²) in [6.45, 7) is 1.74. The Morgan fingerprint density at radius 2 is 2.00 bits per heavy atom. The number of hydrogen-bond donors (Lipinski definition) is 1. The summed E-state index contributed by atoms with van der Waals surface area (Å²) in [5.74, 6) is 0.0924. The number of halogens is 1. The molecule has 1 saturated heterocycles. The molecule has 0 bridgehead atoms. The smallest absolute Gasteiger partial charge is 0.270 e. The molecule has 4 heteroatoms. The van der Waals surface area contributed by atoms with Gasteiger partial charge in [0, 0.05) is 29.0 Å². The first-order valence-corrected chi connectivity index (χ1v) is 6.19. The number of H-pyrrole nitrogens is 1. The van der Waals surface area contributed by atoms with E-state index in [4.69, 9.17) is 11.6 Å². The molecule has 17 heavy (non-hydrogen) atoms. The Balaban J connectivity index is 1.97. The van der Waals surface area contributed by atoms with Crippen molar-refractivity contribution in [3.05, 3.63) is 35.0 Å². The second kappa shape index (κ2) is 4.08. The summed E-state index contributed by atoms with van der Waals surface area (Å²) in [7, 11) is 0. The SMILES string of the molecule is O=C(c1cc2cc(Cl)ccc2[nH]1)N1CCCC1. The highest BCUT2D eigenvalue weighted by Crippen LogP contribution is 2.21. The summed E-state index contributed by atoms with van der Waals surface area (Å²) >= 11 is 5.93. The van der Waals surface area contributed by atoms with Gasteiger partial charge in [-0.15, -0.1) is 0 Å². The second-order valence-electron chi connectivity index (χ2n) is 4.41. The lowest BCUT2D eigenvalue weighted by Crippen LogP contribution is -2.27. The Morgan fingerprint density at radius 1 is 1.24 bits per heavy atom. The molecule has 3 rings (SSSR count). The normalized spacial score (nSPS) is 15.7. The van der Waals surface area contributed by atoms with E-state index < -0.39 is 0 Å². The molecule has 0 unspecified atom stereocenters. The van der Waals surface area contributed by atoms with E-state index in [1.807, 2.05) is 29.2 Å². The first-order valence-electron chi connectivity index (χ1n) is 5.81. The van der Waals surface area contributed by atoms with E-state index in [2.05, 4.69) is 4.98 Å². The number of amides is 1. The van der Waals surface area contributed by atoms with Gasteiger partial charge in [0.25, 0.3) is 5.91 Å². The molecule has 0 radical (unpaired) electrons.